The van der Waals surface area contributed by atoms with Gasteiger partial charge >= 0.3 is 5.97 Å². The van der Waals surface area contributed by atoms with Crippen molar-refractivity contribution in [2.75, 3.05) is 18.7 Å². The highest BCUT2D eigenvalue weighted by Crippen LogP contribution is 2.37. The van der Waals surface area contributed by atoms with E-state index in [1.807, 2.05) is 13.8 Å². The number of carbonyl (C=O) groups excluding carboxylic acids is 1. The summed E-state index contributed by atoms with van der Waals surface area (Å²) in [6.45, 7) is 4.00. The van der Waals surface area contributed by atoms with Gasteiger partial charge in [-0.2, -0.15) is 0 Å². The maximum atomic E-state index is 14.4. The number of aromatic amines is 1. The van der Waals surface area contributed by atoms with E-state index in [4.69, 9.17) is 4.74 Å². The van der Waals surface area contributed by atoms with E-state index >= 15 is 0 Å². The number of anilines is 2. The van der Waals surface area contributed by atoms with Crippen LogP contribution in [0.5, 0.6) is 0 Å². The summed E-state index contributed by atoms with van der Waals surface area (Å²) in [5.41, 5.74) is 1.07. The molecule has 0 aliphatic carbocycles. The zero-order valence-electron chi connectivity index (χ0n) is 20.8. The van der Waals surface area contributed by atoms with Gasteiger partial charge < -0.3 is 19.6 Å². The largest absolute Gasteiger partial charge is 0.465 e. The van der Waals surface area contributed by atoms with Crippen LogP contribution in [0.15, 0.2) is 47.7 Å². The number of pyridine rings is 2. The van der Waals surface area contributed by atoms with Gasteiger partial charge in [0.2, 0.25) is 0 Å². The molecular formula is C25H30F2N4O5S. The number of methoxy groups -OCH3 is 1. The Hall–Kier alpha value is -4.06. The van der Waals surface area contributed by atoms with Crippen molar-refractivity contribution in [3.63, 3.8) is 0 Å². The Balaban J connectivity index is 0.00000186. The fourth-order valence-electron chi connectivity index (χ4n) is 3.79. The predicted octanol–water partition coefficient (Wildman–Crippen LogP) is 4.80. The van der Waals surface area contributed by atoms with Crippen LogP contribution in [0, 0.1) is 11.6 Å². The quantitative estimate of drug-likeness (QED) is 0.339. The molecule has 200 valence electrons. The van der Waals surface area contributed by atoms with Gasteiger partial charge in [0, 0.05) is 56.8 Å². The molecule has 4 aromatic rings. The molecule has 0 amide bonds. The number of benzene rings is 1. The van der Waals surface area contributed by atoms with Gasteiger partial charge in [0.1, 0.15) is 11.3 Å². The molecule has 12 heteroatoms. The maximum absolute atomic E-state index is 14.4. The minimum atomic E-state index is -3.57. The second kappa shape index (κ2) is 10.9. The molecule has 0 unspecified atom stereocenters. The zero-order chi connectivity index (χ0) is 27.5. The first kappa shape index (κ1) is 27.5. The number of aromatic nitrogens is 3. The lowest BCUT2D eigenvalue weighted by Crippen LogP contribution is -2.17. The number of esters is 1. The number of H-pyrrole nitrogens is 1. The van der Waals surface area contributed by atoms with Crippen LogP contribution >= 0.6 is 0 Å². The number of sulfone groups is 1. The van der Waals surface area contributed by atoms with Gasteiger partial charge in [-0.15, -0.1) is 0 Å². The van der Waals surface area contributed by atoms with Gasteiger partial charge in [0.15, 0.2) is 21.5 Å². The number of aryl methyl sites for hydroxylation is 1. The Morgan fingerprint density at radius 1 is 1.22 bits per heavy atom. The van der Waals surface area contributed by atoms with Crippen LogP contribution in [-0.4, -0.2) is 42.3 Å². The molecule has 0 atom stereocenters. The summed E-state index contributed by atoms with van der Waals surface area (Å²) in [4.78, 5) is 31.7. The van der Waals surface area contributed by atoms with Crippen molar-refractivity contribution in [3.8, 4) is 11.1 Å². The molecule has 4 rings (SSSR count). The first-order valence-electron chi connectivity index (χ1n) is 11.2. The summed E-state index contributed by atoms with van der Waals surface area (Å²) in [7, 11) is -0.887. The van der Waals surface area contributed by atoms with Crippen LogP contribution in [-0.2, 0) is 27.4 Å². The maximum Gasteiger partial charge on any atom is 0.338 e. The monoisotopic (exact) mass is 536 g/mol. The van der Waals surface area contributed by atoms with Gasteiger partial charge in [-0.05, 0) is 23.8 Å². The van der Waals surface area contributed by atoms with Crippen molar-refractivity contribution in [3.05, 3.63) is 76.0 Å². The molecule has 0 aliphatic heterocycles. The number of nitrogens with zero attached hydrogens (tertiary/aromatic N) is 2. The lowest BCUT2D eigenvalue weighted by Gasteiger charge is -2.18. The SMILES string of the molecule is CC.COC(=O)c1cc(Nc2ncc(F)cc2F)c(-c2cn(C)c(=O)c3[nH]ccc23)cc1CS(C)(=O)=O.[HH].[HH]. The third-order valence-corrected chi connectivity index (χ3v) is 6.15. The van der Waals surface area contributed by atoms with Crippen LogP contribution in [0.3, 0.4) is 0 Å². The summed E-state index contributed by atoms with van der Waals surface area (Å²) >= 11 is 0. The molecule has 9 nitrogen and oxygen atoms in total. The number of nitrogens with one attached hydrogen (secondary N) is 2. The second-order valence-electron chi connectivity index (χ2n) is 7.95. The van der Waals surface area contributed by atoms with Gasteiger partial charge in [0.05, 0.1) is 24.6 Å². The highest BCUT2D eigenvalue weighted by Gasteiger charge is 2.23. The van der Waals surface area contributed by atoms with E-state index in [0.29, 0.717) is 28.1 Å². The molecule has 3 heterocycles. The zero-order valence-corrected chi connectivity index (χ0v) is 21.7. The summed E-state index contributed by atoms with van der Waals surface area (Å²) in [6.07, 6.45) is 4.95. The Morgan fingerprint density at radius 3 is 2.54 bits per heavy atom. The topological polar surface area (TPSA) is 123 Å². The fraction of sp³-hybridized carbons (Fsp3) is 0.240. The molecule has 0 radical (unpaired) electrons. The molecule has 0 aliphatic rings. The van der Waals surface area contributed by atoms with E-state index in [1.54, 1.807) is 19.3 Å². The molecule has 2 N–H and O–H groups in total. The third-order valence-electron chi connectivity index (χ3n) is 5.31. The molecule has 0 bridgehead atoms. The molecule has 0 saturated heterocycles. The first-order chi connectivity index (χ1) is 17.5. The van der Waals surface area contributed by atoms with Crippen LogP contribution in [0.2, 0.25) is 0 Å². The minimum absolute atomic E-state index is 0. The Morgan fingerprint density at radius 2 is 1.92 bits per heavy atom. The summed E-state index contributed by atoms with van der Waals surface area (Å²) in [5, 5.41) is 3.27. The fourth-order valence-corrected chi connectivity index (χ4v) is 4.59. The molecule has 0 fully saturated rings. The molecular weight excluding hydrogens is 506 g/mol. The number of carbonyl (C=O) groups is 1. The average molecular weight is 537 g/mol. The van der Waals surface area contributed by atoms with Gasteiger partial charge in [0.25, 0.3) is 5.56 Å². The Kier molecular flexibility index (Phi) is 8.12. The molecule has 1 aromatic carbocycles. The number of fused-ring (bicyclic) bond motifs is 1. The minimum Gasteiger partial charge on any atom is -0.465 e. The normalized spacial score (nSPS) is 11.1. The average Bonchev–Trinajstić information content (AvgIpc) is 3.34. The van der Waals surface area contributed by atoms with Crippen LogP contribution in [0.1, 0.15) is 32.6 Å². The van der Waals surface area contributed by atoms with Crippen LogP contribution < -0.4 is 10.9 Å². The highest BCUT2D eigenvalue weighted by molar-refractivity contribution is 7.89. The summed E-state index contributed by atoms with van der Waals surface area (Å²) in [6, 6.07) is 5.08. The third kappa shape index (κ3) is 5.85. The smallest absolute Gasteiger partial charge is 0.338 e. The Labute approximate surface area is 215 Å². The van der Waals surface area contributed by atoms with Crippen molar-refractivity contribution in [2.45, 2.75) is 19.6 Å². The van der Waals surface area contributed by atoms with E-state index in [9.17, 15) is 26.8 Å². The predicted molar refractivity (Wildman–Crippen MR) is 142 cm³/mol. The van der Waals surface area contributed by atoms with Gasteiger partial charge in [-0.25, -0.2) is 27.0 Å². The number of hydrogen-bond acceptors (Lipinski definition) is 7. The second-order valence-corrected chi connectivity index (χ2v) is 10.1. The number of ether oxygens (including phenoxy) is 1. The van der Waals surface area contributed by atoms with Gasteiger partial charge in [-0.1, -0.05) is 13.8 Å². The van der Waals surface area contributed by atoms with E-state index in [-0.39, 0.29) is 31.0 Å². The standard InChI is InChI=1S/C23H20F2N4O5S.C2H6.2H2/c1-29-10-17(14-4-5-26-20(14)22(29)30)16-6-12(11-35(3,32)33)15(23(31)34-2)8-19(16)28-21-18(25)7-13(24)9-27-21;1-2;;/h4-10,26H,11H2,1-3H3,(H,27,28);1-2H3;2*1H. The highest BCUT2D eigenvalue weighted by atomic mass is 32.2. The lowest BCUT2D eigenvalue weighted by atomic mass is 9.96. The number of halogens is 2. The molecule has 37 heavy (non-hydrogen) atoms. The van der Waals surface area contributed by atoms with Crippen molar-refractivity contribution < 1.29 is 29.6 Å². The van der Waals surface area contributed by atoms with Crippen LogP contribution in [0.25, 0.3) is 22.0 Å². The van der Waals surface area contributed by atoms with E-state index in [1.165, 1.54) is 22.9 Å². The van der Waals surface area contributed by atoms with E-state index < -0.39 is 33.2 Å². The lowest BCUT2D eigenvalue weighted by molar-refractivity contribution is 0.0600. The first-order valence-corrected chi connectivity index (χ1v) is 13.2. The Bertz CT molecular complexity index is 1660. The van der Waals surface area contributed by atoms with Crippen molar-refractivity contribution in [2.24, 2.45) is 7.05 Å². The van der Waals surface area contributed by atoms with Gasteiger partial charge in [-0.3, -0.25) is 4.79 Å². The number of rotatable bonds is 6. The van der Waals surface area contributed by atoms with Crippen molar-refractivity contribution in [1.29, 1.82) is 0 Å². The van der Waals surface area contributed by atoms with Crippen molar-refractivity contribution >= 4 is 38.2 Å². The summed E-state index contributed by atoms with van der Waals surface area (Å²) in [5.74, 6) is -3.47. The number of hydrogen-bond donors (Lipinski definition) is 2. The molecule has 3 aromatic heterocycles. The van der Waals surface area contributed by atoms with E-state index in [0.717, 1.165) is 19.6 Å². The van der Waals surface area contributed by atoms with Crippen molar-refractivity contribution in [1.82, 2.24) is 14.5 Å². The summed E-state index contributed by atoms with van der Waals surface area (Å²) < 4.78 is 58.2. The molecule has 0 spiro atoms. The van der Waals surface area contributed by atoms with Crippen LogP contribution in [0.4, 0.5) is 20.3 Å². The van der Waals surface area contributed by atoms with E-state index in [2.05, 4.69) is 15.3 Å². The molecule has 0 saturated carbocycles.